The fourth-order valence-electron chi connectivity index (χ4n) is 3.88. The van der Waals surface area contributed by atoms with E-state index in [1.165, 1.54) is 30.2 Å². The van der Waals surface area contributed by atoms with Crippen LogP contribution in [0.3, 0.4) is 0 Å². The van der Waals surface area contributed by atoms with Gasteiger partial charge in [0.05, 0.1) is 31.3 Å². The zero-order valence-corrected chi connectivity index (χ0v) is 17.4. The van der Waals surface area contributed by atoms with E-state index in [1.807, 2.05) is 0 Å². The summed E-state index contributed by atoms with van der Waals surface area (Å²) in [6, 6.07) is 17.5. The summed E-state index contributed by atoms with van der Waals surface area (Å²) in [5, 5.41) is 11.6. The molecule has 3 aromatic carbocycles. The second kappa shape index (κ2) is 8.13. The number of amides is 1. The van der Waals surface area contributed by atoms with Gasteiger partial charge in [-0.25, -0.2) is 4.39 Å². The van der Waals surface area contributed by atoms with E-state index in [9.17, 15) is 19.1 Å². The minimum atomic E-state index is -2.09. The Kier molecular flexibility index (Phi) is 5.52. The van der Waals surface area contributed by atoms with Crippen molar-refractivity contribution in [3.8, 4) is 5.75 Å². The molecule has 1 unspecified atom stereocenters. The number of ether oxygens (including phenoxy) is 1. The lowest BCUT2D eigenvalue weighted by molar-refractivity contribution is -0.136. The Bertz CT molecular complexity index is 1160. The van der Waals surface area contributed by atoms with Crippen LogP contribution < -0.4 is 9.64 Å². The normalized spacial score (nSPS) is 17.5. The van der Waals surface area contributed by atoms with Gasteiger partial charge in [-0.1, -0.05) is 48.0 Å². The van der Waals surface area contributed by atoms with Gasteiger partial charge in [-0.05, 0) is 30.3 Å². The maximum absolute atomic E-state index is 14.4. The summed E-state index contributed by atoms with van der Waals surface area (Å²) >= 11 is 6.14. The summed E-state index contributed by atoms with van der Waals surface area (Å²) in [6.07, 6.45) is -0.481. The molecule has 1 aliphatic rings. The van der Waals surface area contributed by atoms with Crippen molar-refractivity contribution in [1.29, 1.82) is 0 Å². The molecule has 0 saturated heterocycles. The van der Waals surface area contributed by atoms with Crippen LogP contribution in [0.15, 0.2) is 66.7 Å². The third-order valence-corrected chi connectivity index (χ3v) is 5.80. The van der Waals surface area contributed by atoms with E-state index in [1.54, 1.807) is 48.5 Å². The van der Waals surface area contributed by atoms with Crippen molar-refractivity contribution in [2.45, 2.75) is 18.6 Å². The van der Waals surface area contributed by atoms with Crippen LogP contribution in [-0.2, 0) is 16.9 Å². The van der Waals surface area contributed by atoms with Gasteiger partial charge < -0.3 is 14.7 Å². The Balaban J connectivity index is 1.72. The zero-order chi connectivity index (χ0) is 22.2. The van der Waals surface area contributed by atoms with Crippen molar-refractivity contribution < 1.29 is 23.8 Å². The number of methoxy groups -OCH3 is 1. The summed E-state index contributed by atoms with van der Waals surface area (Å²) in [7, 11) is 1.44. The molecule has 7 heteroatoms. The number of ketones is 1. The van der Waals surface area contributed by atoms with E-state index in [2.05, 4.69) is 0 Å². The van der Waals surface area contributed by atoms with Crippen LogP contribution in [0.5, 0.6) is 5.75 Å². The number of aliphatic hydroxyl groups is 1. The minimum Gasteiger partial charge on any atom is -0.496 e. The van der Waals surface area contributed by atoms with Gasteiger partial charge in [-0.3, -0.25) is 9.59 Å². The molecule has 3 aromatic rings. The number of rotatable bonds is 6. The van der Waals surface area contributed by atoms with Gasteiger partial charge in [0.2, 0.25) is 0 Å². The zero-order valence-electron chi connectivity index (χ0n) is 16.6. The van der Waals surface area contributed by atoms with E-state index >= 15 is 0 Å². The first-order valence-electron chi connectivity index (χ1n) is 9.60. The summed E-state index contributed by atoms with van der Waals surface area (Å²) in [5.74, 6) is -1.37. The first-order chi connectivity index (χ1) is 14.9. The molecule has 1 aliphatic heterocycles. The van der Waals surface area contributed by atoms with E-state index < -0.39 is 29.5 Å². The Morgan fingerprint density at radius 1 is 1.10 bits per heavy atom. The monoisotopic (exact) mass is 439 g/mol. The van der Waals surface area contributed by atoms with Gasteiger partial charge in [0.1, 0.15) is 11.6 Å². The molecule has 0 aromatic heterocycles. The fraction of sp³-hybridized carbons (Fsp3) is 0.167. The fourth-order valence-corrected chi connectivity index (χ4v) is 4.10. The lowest BCUT2D eigenvalue weighted by atomic mass is 9.88. The highest BCUT2D eigenvalue weighted by Gasteiger charge is 2.51. The van der Waals surface area contributed by atoms with Crippen molar-refractivity contribution in [3.05, 3.63) is 94.3 Å². The van der Waals surface area contributed by atoms with Gasteiger partial charge in [-0.2, -0.15) is 0 Å². The van der Waals surface area contributed by atoms with Crippen LogP contribution in [0, 0.1) is 5.82 Å². The Hall–Kier alpha value is -3.22. The van der Waals surface area contributed by atoms with E-state index in [4.69, 9.17) is 16.3 Å². The van der Waals surface area contributed by atoms with E-state index in [0.29, 0.717) is 11.4 Å². The third-order valence-electron chi connectivity index (χ3n) is 5.44. The standard InChI is InChI=1S/C24H19ClFNO4/c1-31-22-12-5-2-7-15(22)21(28)13-24(30)17-8-3-4-11-20(17)27(23(24)29)14-16-18(25)9-6-10-19(16)26/h2-12,30H,13-14H2,1H3. The Labute approximate surface area is 183 Å². The van der Waals surface area contributed by atoms with E-state index in [0.717, 1.165) is 0 Å². The largest absolute Gasteiger partial charge is 0.496 e. The highest BCUT2D eigenvalue weighted by atomic mass is 35.5. The molecule has 0 spiro atoms. The maximum Gasteiger partial charge on any atom is 0.264 e. The number of anilines is 1. The van der Waals surface area contributed by atoms with Crippen LogP contribution in [0.4, 0.5) is 10.1 Å². The smallest absolute Gasteiger partial charge is 0.264 e. The van der Waals surface area contributed by atoms with Crippen LogP contribution >= 0.6 is 11.6 Å². The van der Waals surface area contributed by atoms with Crippen molar-refractivity contribution in [2.24, 2.45) is 0 Å². The molecule has 0 bridgehead atoms. The average molecular weight is 440 g/mol. The van der Waals surface area contributed by atoms with Crippen molar-refractivity contribution in [1.82, 2.24) is 0 Å². The Morgan fingerprint density at radius 3 is 2.55 bits per heavy atom. The number of Topliss-reactive ketones (excluding diaryl/α,β-unsaturated/α-hetero) is 1. The molecular weight excluding hydrogens is 421 g/mol. The molecule has 31 heavy (non-hydrogen) atoms. The van der Waals surface area contributed by atoms with Gasteiger partial charge in [0.15, 0.2) is 11.4 Å². The van der Waals surface area contributed by atoms with Crippen molar-refractivity contribution in [3.63, 3.8) is 0 Å². The predicted octanol–water partition coefficient (Wildman–Crippen LogP) is 4.50. The molecule has 0 radical (unpaired) electrons. The van der Waals surface area contributed by atoms with Crippen molar-refractivity contribution >= 4 is 29.0 Å². The van der Waals surface area contributed by atoms with Crippen LogP contribution in [0.2, 0.25) is 5.02 Å². The second-order valence-corrected chi connectivity index (χ2v) is 7.68. The first-order valence-corrected chi connectivity index (χ1v) is 9.97. The van der Waals surface area contributed by atoms with Gasteiger partial charge in [0.25, 0.3) is 5.91 Å². The quantitative estimate of drug-likeness (QED) is 0.574. The molecule has 5 nitrogen and oxygen atoms in total. The first kappa shape index (κ1) is 21.0. The summed E-state index contributed by atoms with van der Waals surface area (Å²) in [5.41, 5.74) is -1.00. The van der Waals surface area contributed by atoms with Crippen LogP contribution in [0.25, 0.3) is 0 Å². The average Bonchev–Trinajstić information content (AvgIpc) is 2.98. The number of halogens is 2. The second-order valence-electron chi connectivity index (χ2n) is 7.27. The van der Waals surface area contributed by atoms with Crippen LogP contribution in [-0.4, -0.2) is 23.9 Å². The number of hydrogen-bond donors (Lipinski definition) is 1. The van der Waals surface area contributed by atoms with Gasteiger partial charge in [-0.15, -0.1) is 0 Å². The molecule has 0 fully saturated rings. The lowest BCUT2D eigenvalue weighted by Crippen LogP contribution is -2.41. The molecular formula is C24H19ClFNO4. The minimum absolute atomic E-state index is 0.132. The number of fused-ring (bicyclic) bond motifs is 1. The topological polar surface area (TPSA) is 66.8 Å². The third kappa shape index (κ3) is 3.58. The van der Waals surface area contributed by atoms with Gasteiger partial charge >= 0.3 is 0 Å². The highest BCUT2D eigenvalue weighted by molar-refractivity contribution is 6.31. The SMILES string of the molecule is COc1ccccc1C(=O)CC1(O)C(=O)N(Cc2c(F)cccc2Cl)c2ccccc21. The number of nitrogens with zero attached hydrogens (tertiary/aromatic N) is 1. The molecule has 1 heterocycles. The molecule has 4 rings (SSSR count). The molecule has 1 N–H and O–H groups in total. The summed E-state index contributed by atoms with van der Waals surface area (Å²) in [6.45, 7) is -0.174. The molecule has 1 atom stereocenters. The van der Waals surface area contributed by atoms with E-state index in [-0.39, 0.29) is 28.3 Å². The molecule has 1 amide bonds. The number of para-hydroxylation sites is 2. The maximum atomic E-state index is 14.4. The number of carbonyl (C=O) groups excluding carboxylic acids is 2. The molecule has 158 valence electrons. The number of benzene rings is 3. The summed E-state index contributed by atoms with van der Waals surface area (Å²) < 4.78 is 19.6. The lowest BCUT2D eigenvalue weighted by Gasteiger charge is -2.23. The predicted molar refractivity (Wildman–Crippen MR) is 115 cm³/mol. The molecule has 0 saturated carbocycles. The highest BCUT2D eigenvalue weighted by Crippen LogP contribution is 2.44. The number of carbonyl (C=O) groups is 2. The van der Waals surface area contributed by atoms with Crippen LogP contribution in [0.1, 0.15) is 27.9 Å². The van der Waals surface area contributed by atoms with Gasteiger partial charge in [0, 0.05) is 16.1 Å². The summed E-state index contributed by atoms with van der Waals surface area (Å²) in [4.78, 5) is 27.6. The number of hydrogen-bond acceptors (Lipinski definition) is 4. The Morgan fingerprint density at radius 2 is 1.81 bits per heavy atom. The molecule has 0 aliphatic carbocycles. The van der Waals surface area contributed by atoms with Crippen molar-refractivity contribution in [2.75, 3.05) is 12.0 Å².